The molecule has 1 atom stereocenters. The zero-order valence-electron chi connectivity index (χ0n) is 10.1. The second-order valence-corrected chi connectivity index (χ2v) is 4.74. The molecule has 1 aliphatic heterocycles. The van der Waals surface area contributed by atoms with Crippen molar-refractivity contribution in [2.24, 2.45) is 0 Å². The maximum absolute atomic E-state index is 4.63. The first kappa shape index (κ1) is 10.7. The van der Waals surface area contributed by atoms with Crippen molar-refractivity contribution in [3.8, 4) is 0 Å². The quantitative estimate of drug-likeness (QED) is 0.809. The summed E-state index contributed by atoms with van der Waals surface area (Å²) in [6.07, 6.45) is 0.984. The van der Waals surface area contributed by atoms with Gasteiger partial charge in [0.2, 0.25) is 0 Å². The number of hydrogen-bond acceptors (Lipinski definition) is 3. The standard InChI is InChI=1S/C13H18N4/c1-17-7-6-14-9-10(17)8-13-15-11-4-2-3-5-12(11)16-13/h2-5,10,14H,6-9H2,1H3,(H,15,16). The van der Waals surface area contributed by atoms with Crippen LogP contribution >= 0.6 is 0 Å². The Morgan fingerprint density at radius 2 is 2.29 bits per heavy atom. The molecular formula is C13H18N4. The molecule has 2 heterocycles. The van der Waals surface area contributed by atoms with E-state index in [1.807, 2.05) is 12.1 Å². The summed E-state index contributed by atoms with van der Waals surface area (Å²) in [4.78, 5) is 10.4. The Morgan fingerprint density at radius 1 is 1.41 bits per heavy atom. The molecule has 0 amide bonds. The van der Waals surface area contributed by atoms with E-state index in [9.17, 15) is 0 Å². The number of imidazole rings is 1. The monoisotopic (exact) mass is 230 g/mol. The lowest BCUT2D eigenvalue weighted by Crippen LogP contribution is -2.50. The molecule has 2 aromatic rings. The van der Waals surface area contributed by atoms with Crippen LogP contribution in [0.25, 0.3) is 11.0 Å². The van der Waals surface area contributed by atoms with Crippen molar-refractivity contribution in [1.29, 1.82) is 0 Å². The van der Waals surface area contributed by atoms with E-state index < -0.39 is 0 Å². The van der Waals surface area contributed by atoms with Crippen LogP contribution in [-0.4, -0.2) is 47.6 Å². The van der Waals surface area contributed by atoms with Gasteiger partial charge < -0.3 is 15.2 Å². The summed E-state index contributed by atoms with van der Waals surface area (Å²) in [7, 11) is 2.19. The lowest BCUT2D eigenvalue weighted by atomic mass is 10.1. The summed E-state index contributed by atoms with van der Waals surface area (Å²) in [5.41, 5.74) is 2.20. The van der Waals surface area contributed by atoms with Crippen molar-refractivity contribution in [3.05, 3.63) is 30.1 Å². The van der Waals surface area contributed by atoms with Crippen LogP contribution < -0.4 is 5.32 Å². The summed E-state index contributed by atoms with van der Waals surface area (Å²) in [5.74, 6) is 1.09. The summed E-state index contributed by atoms with van der Waals surface area (Å²) < 4.78 is 0. The number of aromatic amines is 1. The second-order valence-electron chi connectivity index (χ2n) is 4.74. The highest BCUT2D eigenvalue weighted by Crippen LogP contribution is 2.13. The van der Waals surface area contributed by atoms with Crippen LogP contribution in [0.2, 0.25) is 0 Å². The SMILES string of the molecule is CN1CCNCC1Cc1nc2ccccc2[nH]1. The van der Waals surface area contributed by atoms with Gasteiger partial charge in [-0.3, -0.25) is 0 Å². The van der Waals surface area contributed by atoms with Crippen LogP contribution in [0.5, 0.6) is 0 Å². The van der Waals surface area contributed by atoms with E-state index in [1.54, 1.807) is 0 Å². The molecule has 1 aliphatic rings. The number of H-pyrrole nitrogens is 1. The van der Waals surface area contributed by atoms with E-state index in [4.69, 9.17) is 0 Å². The third-order valence-electron chi connectivity index (χ3n) is 3.51. The molecule has 0 radical (unpaired) electrons. The second kappa shape index (κ2) is 4.47. The largest absolute Gasteiger partial charge is 0.342 e. The molecular weight excluding hydrogens is 212 g/mol. The van der Waals surface area contributed by atoms with Crippen molar-refractivity contribution >= 4 is 11.0 Å². The fraction of sp³-hybridized carbons (Fsp3) is 0.462. The Morgan fingerprint density at radius 3 is 3.12 bits per heavy atom. The number of nitrogens with one attached hydrogen (secondary N) is 2. The van der Waals surface area contributed by atoms with E-state index in [-0.39, 0.29) is 0 Å². The molecule has 0 bridgehead atoms. The lowest BCUT2D eigenvalue weighted by molar-refractivity contribution is 0.197. The average Bonchev–Trinajstić information content (AvgIpc) is 2.74. The van der Waals surface area contributed by atoms with Crippen molar-refractivity contribution < 1.29 is 0 Å². The molecule has 1 aromatic carbocycles. The number of nitrogens with zero attached hydrogens (tertiary/aromatic N) is 2. The van der Waals surface area contributed by atoms with Gasteiger partial charge in [-0.15, -0.1) is 0 Å². The predicted molar refractivity (Wildman–Crippen MR) is 69.1 cm³/mol. The van der Waals surface area contributed by atoms with Gasteiger partial charge in [0.1, 0.15) is 5.82 Å². The first-order chi connectivity index (χ1) is 8.33. The van der Waals surface area contributed by atoms with E-state index >= 15 is 0 Å². The Labute approximate surface area is 101 Å². The molecule has 1 fully saturated rings. The Bertz CT molecular complexity index is 472. The Hall–Kier alpha value is -1.39. The van der Waals surface area contributed by atoms with Gasteiger partial charge in [0.05, 0.1) is 11.0 Å². The average molecular weight is 230 g/mol. The molecule has 3 rings (SSSR count). The van der Waals surface area contributed by atoms with E-state index in [0.29, 0.717) is 6.04 Å². The number of hydrogen-bond donors (Lipinski definition) is 2. The number of likely N-dealkylation sites (N-methyl/N-ethyl adjacent to an activating group) is 1. The summed E-state index contributed by atoms with van der Waals surface area (Å²) >= 11 is 0. The number of aromatic nitrogens is 2. The van der Waals surface area contributed by atoms with Gasteiger partial charge in [-0.25, -0.2) is 4.98 Å². The zero-order chi connectivity index (χ0) is 11.7. The number of benzene rings is 1. The van der Waals surface area contributed by atoms with Crippen LogP contribution in [-0.2, 0) is 6.42 Å². The highest BCUT2D eigenvalue weighted by molar-refractivity contribution is 5.74. The van der Waals surface area contributed by atoms with Gasteiger partial charge in [0.15, 0.2) is 0 Å². The number of fused-ring (bicyclic) bond motifs is 1. The molecule has 0 aliphatic carbocycles. The Balaban J connectivity index is 1.79. The molecule has 17 heavy (non-hydrogen) atoms. The molecule has 90 valence electrons. The van der Waals surface area contributed by atoms with Crippen molar-refractivity contribution in [2.75, 3.05) is 26.7 Å². The predicted octanol–water partition coefficient (Wildman–Crippen LogP) is 1.01. The molecule has 1 unspecified atom stereocenters. The third-order valence-corrected chi connectivity index (χ3v) is 3.51. The van der Waals surface area contributed by atoms with Crippen LogP contribution in [0.4, 0.5) is 0 Å². The van der Waals surface area contributed by atoms with Gasteiger partial charge in [-0.1, -0.05) is 12.1 Å². The zero-order valence-corrected chi connectivity index (χ0v) is 10.1. The minimum absolute atomic E-state index is 0.546. The molecule has 1 aromatic heterocycles. The van der Waals surface area contributed by atoms with Crippen molar-refractivity contribution in [1.82, 2.24) is 20.2 Å². The summed E-state index contributed by atoms with van der Waals surface area (Å²) in [6, 6.07) is 8.75. The van der Waals surface area contributed by atoms with Crippen LogP contribution in [0, 0.1) is 0 Å². The first-order valence-corrected chi connectivity index (χ1v) is 6.17. The van der Waals surface area contributed by atoms with Gasteiger partial charge in [-0.2, -0.15) is 0 Å². The molecule has 1 saturated heterocycles. The van der Waals surface area contributed by atoms with Crippen molar-refractivity contribution in [2.45, 2.75) is 12.5 Å². The van der Waals surface area contributed by atoms with E-state index in [1.165, 1.54) is 0 Å². The van der Waals surface area contributed by atoms with Gasteiger partial charge in [0.25, 0.3) is 0 Å². The molecule has 2 N–H and O–H groups in total. The normalized spacial score (nSPS) is 22.1. The highest BCUT2D eigenvalue weighted by atomic mass is 15.2. The summed E-state index contributed by atoms with van der Waals surface area (Å²) in [5, 5.41) is 3.44. The fourth-order valence-electron chi connectivity index (χ4n) is 2.42. The van der Waals surface area contributed by atoms with Crippen LogP contribution in [0.15, 0.2) is 24.3 Å². The van der Waals surface area contributed by atoms with Gasteiger partial charge in [-0.05, 0) is 19.2 Å². The number of rotatable bonds is 2. The molecule has 4 heteroatoms. The third kappa shape index (κ3) is 2.18. The number of piperazine rings is 1. The topological polar surface area (TPSA) is 44.0 Å². The lowest BCUT2D eigenvalue weighted by Gasteiger charge is -2.32. The molecule has 0 saturated carbocycles. The fourth-order valence-corrected chi connectivity index (χ4v) is 2.42. The molecule has 0 spiro atoms. The summed E-state index contributed by atoms with van der Waals surface area (Å²) in [6.45, 7) is 3.26. The van der Waals surface area contributed by atoms with Crippen molar-refractivity contribution in [3.63, 3.8) is 0 Å². The van der Waals surface area contributed by atoms with E-state index in [0.717, 1.165) is 42.9 Å². The maximum atomic E-state index is 4.63. The van der Waals surface area contributed by atoms with E-state index in [2.05, 4.69) is 39.4 Å². The minimum atomic E-state index is 0.546. The van der Waals surface area contributed by atoms with Crippen LogP contribution in [0.3, 0.4) is 0 Å². The van der Waals surface area contributed by atoms with Crippen LogP contribution in [0.1, 0.15) is 5.82 Å². The smallest absolute Gasteiger partial charge is 0.108 e. The highest BCUT2D eigenvalue weighted by Gasteiger charge is 2.19. The number of para-hydroxylation sites is 2. The first-order valence-electron chi connectivity index (χ1n) is 6.17. The Kier molecular flexibility index (Phi) is 2.82. The minimum Gasteiger partial charge on any atom is -0.342 e. The van der Waals surface area contributed by atoms with Gasteiger partial charge >= 0.3 is 0 Å². The van der Waals surface area contributed by atoms with Gasteiger partial charge in [0, 0.05) is 32.1 Å². The molecule has 4 nitrogen and oxygen atoms in total. The maximum Gasteiger partial charge on any atom is 0.108 e.